The van der Waals surface area contributed by atoms with Gasteiger partial charge in [-0.1, -0.05) is 18.2 Å². The molecule has 112 valence electrons. The standard InChI is InChI=1S/C17H20FNO2/c1-12(14-5-7-15(18)8-6-14)19-11-13-4-9-16(20-2)17(10-13)21-3/h4-10,12,19H,11H2,1-3H3/t12-/m1/s1. The third-order valence-electron chi connectivity index (χ3n) is 3.43. The molecule has 2 aromatic rings. The molecule has 4 heteroatoms. The van der Waals surface area contributed by atoms with Gasteiger partial charge in [-0.05, 0) is 42.3 Å². The second-order valence-electron chi connectivity index (χ2n) is 4.84. The molecule has 1 N–H and O–H groups in total. The van der Waals surface area contributed by atoms with E-state index in [0.717, 1.165) is 11.1 Å². The molecule has 0 aliphatic heterocycles. The average Bonchev–Trinajstić information content (AvgIpc) is 2.52. The molecule has 0 aliphatic rings. The van der Waals surface area contributed by atoms with Crippen LogP contribution in [0.1, 0.15) is 24.1 Å². The first kappa shape index (κ1) is 15.3. The Morgan fingerprint density at radius 2 is 1.67 bits per heavy atom. The molecule has 0 saturated carbocycles. The Morgan fingerprint density at radius 3 is 2.29 bits per heavy atom. The first-order valence-corrected chi connectivity index (χ1v) is 6.83. The van der Waals surface area contributed by atoms with E-state index in [1.54, 1.807) is 26.4 Å². The summed E-state index contributed by atoms with van der Waals surface area (Å²) < 4.78 is 23.4. The van der Waals surface area contributed by atoms with Gasteiger partial charge in [-0.2, -0.15) is 0 Å². The Morgan fingerprint density at radius 1 is 1.00 bits per heavy atom. The minimum Gasteiger partial charge on any atom is -0.493 e. The average molecular weight is 289 g/mol. The van der Waals surface area contributed by atoms with Crippen molar-refractivity contribution >= 4 is 0 Å². The summed E-state index contributed by atoms with van der Waals surface area (Å²) >= 11 is 0. The number of benzene rings is 2. The molecule has 0 aliphatic carbocycles. The van der Waals surface area contributed by atoms with Crippen molar-refractivity contribution in [1.29, 1.82) is 0 Å². The van der Waals surface area contributed by atoms with Gasteiger partial charge in [0, 0.05) is 12.6 Å². The molecule has 0 amide bonds. The fourth-order valence-corrected chi connectivity index (χ4v) is 2.13. The summed E-state index contributed by atoms with van der Waals surface area (Å²) in [5.74, 6) is 1.21. The van der Waals surface area contributed by atoms with Crippen LogP contribution in [-0.2, 0) is 6.54 Å². The highest BCUT2D eigenvalue weighted by atomic mass is 19.1. The molecule has 0 radical (unpaired) electrons. The predicted octanol–water partition coefficient (Wildman–Crippen LogP) is 3.69. The van der Waals surface area contributed by atoms with Crippen molar-refractivity contribution < 1.29 is 13.9 Å². The van der Waals surface area contributed by atoms with E-state index < -0.39 is 0 Å². The molecule has 0 saturated heterocycles. The van der Waals surface area contributed by atoms with E-state index in [0.29, 0.717) is 18.0 Å². The van der Waals surface area contributed by atoms with Crippen molar-refractivity contribution in [3.8, 4) is 11.5 Å². The highest BCUT2D eigenvalue weighted by molar-refractivity contribution is 5.42. The molecule has 0 unspecified atom stereocenters. The second kappa shape index (κ2) is 7.09. The van der Waals surface area contributed by atoms with E-state index in [1.165, 1.54) is 12.1 Å². The summed E-state index contributed by atoms with van der Waals surface area (Å²) in [4.78, 5) is 0. The Hall–Kier alpha value is -2.07. The van der Waals surface area contributed by atoms with Crippen LogP contribution in [0, 0.1) is 5.82 Å². The lowest BCUT2D eigenvalue weighted by molar-refractivity contribution is 0.354. The van der Waals surface area contributed by atoms with Gasteiger partial charge in [0.05, 0.1) is 14.2 Å². The van der Waals surface area contributed by atoms with Crippen molar-refractivity contribution in [2.24, 2.45) is 0 Å². The summed E-state index contributed by atoms with van der Waals surface area (Å²) in [5.41, 5.74) is 2.15. The minimum atomic E-state index is -0.217. The maximum atomic E-state index is 12.9. The fraction of sp³-hybridized carbons (Fsp3) is 0.294. The van der Waals surface area contributed by atoms with Crippen molar-refractivity contribution in [3.63, 3.8) is 0 Å². The first-order chi connectivity index (χ1) is 10.1. The van der Waals surface area contributed by atoms with Gasteiger partial charge >= 0.3 is 0 Å². The summed E-state index contributed by atoms with van der Waals surface area (Å²) in [7, 11) is 3.24. The van der Waals surface area contributed by atoms with Crippen molar-refractivity contribution in [1.82, 2.24) is 5.32 Å². The van der Waals surface area contributed by atoms with E-state index in [-0.39, 0.29) is 11.9 Å². The Bertz CT molecular complexity index is 584. The largest absolute Gasteiger partial charge is 0.493 e. The number of hydrogen-bond acceptors (Lipinski definition) is 3. The number of halogens is 1. The van der Waals surface area contributed by atoms with Crippen molar-refractivity contribution in [2.75, 3.05) is 14.2 Å². The molecular weight excluding hydrogens is 269 g/mol. The Balaban J connectivity index is 2.00. The number of nitrogens with one attached hydrogen (secondary N) is 1. The molecule has 3 nitrogen and oxygen atoms in total. The van der Waals surface area contributed by atoms with Gasteiger partial charge in [-0.3, -0.25) is 0 Å². The van der Waals surface area contributed by atoms with Crippen LogP contribution in [0.2, 0.25) is 0 Å². The molecule has 0 fully saturated rings. The summed E-state index contributed by atoms with van der Waals surface area (Å²) in [6.07, 6.45) is 0. The van der Waals surface area contributed by atoms with Crippen LogP contribution < -0.4 is 14.8 Å². The summed E-state index contributed by atoms with van der Waals surface area (Å²) in [5, 5.41) is 3.40. The zero-order valence-corrected chi connectivity index (χ0v) is 12.5. The van der Waals surface area contributed by atoms with Crippen LogP contribution in [-0.4, -0.2) is 14.2 Å². The maximum Gasteiger partial charge on any atom is 0.161 e. The number of hydrogen-bond donors (Lipinski definition) is 1. The van der Waals surface area contributed by atoms with Gasteiger partial charge in [0.15, 0.2) is 11.5 Å². The van der Waals surface area contributed by atoms with Crippen LogP contribution in [0.3, 0.4) is 0 Å². The van der Waals surface area contributed by atoms with Crippen LogP contribution in [0.4, 0.5) is 4.39 Å². The maximum absolute atomic E-state index is 12.9. The van der Waals surface area contributed by atoms with Gasteiger partial charge in [-0.15, -0.1) is 0 Å². The van der Waals surface area contributed by atoms with Gasteiger partial charge in [0.1, 0.15) is 5.82 Å². The lowest BCUT2D eigenvalue weighted by atomic mass is 10.1. The third kappa shape index (κ3) is 3.95. The highest BCUT2D eigenvalue weighted by Gasteiger charge is 2.07. The highest BCUT2D eigenvalue weighted by Crippen LogP contribution is 2.27. The monoisotopic (exact) mass is 289 g/mol. The molecule has 0 heterocycles. The smallest absolute Gasteiger partial charge is 0.161 e. The Labute approximate surface area is 124 Å². The normalized spacial score (nSPS) is 12.0. The molecule has 0 aromatic heterocycles. The van der Waals surface area contributed by atoms with E-state index in [2.05, 4.69) is 5.32 Å². The van der Waals surface area contributed by atoms with Crippen molar-refractivity contribution in [2.45, 2.75) is 19.5 Å². The Kier molecular flexibility index (Phi) is 5.17. The SMILES string of the molecule is COc1ccc(CN[C@H](C)c2ccc(F)cc2)cc1OC. The molecular formula is C17H20FNO2. The number of ether oxygens (including phenoxy) is 2. The minimum absolute atomic E-state index is 0.138. The third-order valence-corrected chi connectivity index (χ3v) is 3.43. The van der Waals surface area contributed by atoms with Gasteiger partial charge < -0.3 is 14.8 Å². The van der Waals surface area contributed by atoms with Crippen LogP contribution in [0.15, 0.2) is 42.5 Å². The quantitative estimate of drug-likeness (QED) is 0.879. The topological polar surface area (TPSA) is 30.5 Å². The van der Waals surface area contributed by atoms with E-state index in [9.17, 15) is 4.39 Å². The first-order valence-electron chi connectivity index (χ1n) is 6.83. The summed E-state index contributed by atoms with van der Waals surface area (Å²) in [6, 6.07) is 12.5. The van der Waals surface area contributed by atoms with Gasteiger partial charge in [-0.25, -0.2) is 4.39 Å². The van der Waals surface area contributed by atoms with Crippen LogP contribution >= 0.6 is 0 Å². The van der Waals surface area contributed by atoms with E-state index >= 15 is 0 Å². The molecule has 21 heavy (non-hydrogen) atoms. The van der Waals surface area contributed by atoms with E-state index in [1.807, 2.05) is 25.1 Å². The second-order valence-corrected chi connectivity index (χ2v) is 4.84. The van der Waals surface area contributed by atoms with Gasteiger partial charge in [0.25, 0.3) is 0 Å². The van der Waals surface area contributed by atoms with Crippen molar-refractivity contribution in [3.05, 3.63) is 59.4 Å². The zero-order chi connectivity index (χ0) is 15.2. The fourth-order valence-electron chi connectivity index (χ4n) is 2.13. The van der Waals surface area contributed by atoms with Gasteiger partial charge in [0.2, 0.25) is 0 Å². The number of rotatable bonds is 6. The molecule has 0 spiro atoms. The van der Waals surface area contributed by atoms with Crippen LogP contribution in [0.25, 0.3) is 0 Å². The molecule has 2 rings (SSSR count). The lowest BCUT2D eigenvalue weighted by Gasteiger charge is -2.15. The number of methoxy groups -OCH3 is 2. The predicted molar refractivity (Wildman–Crippen MR) is 81.2 cm³/mol. The van der Waals surface area contributed by atoms with E-state index in [4.69, 9.17) is 9.47 Å². The molecule has 0 bridgehead atoms. The molecule has 1 atom stereocenters. The molecule has 2 aromatic carbocycles. The zero-order valence-electron chi connectivity index (χ0n) is 12.5. The lowest BCUT2D eigenvalue weighted by Crippen LogP contribution is -2.18. The van der Waals surface area contributed by atoms with Crippen LogP contribution in [0.5, 0.6) is 11.5 Å². The summed E-state index contributed by atoms with van der Waals surface area (Å²) in [6.45, 7) is 2.74.